The molecule has 17 heavy (non-hydrogen) atoms. The summed E-state index contributed by atoms with van der Waals surface area (Å²) in [4.78, 5) is 15.0. The van der Waals surface area contributed by atoms with Crippen LogP contribution in [-0.4, -0.2) is 23.9 Å². The van der Waals surface area contributed by atoms with Gasteiger partial charge < -0.3 is 0 Å². The molecule has 1 aromatic rings. The van der Waals surface area contributed by atoms with E-state index >= 15 is 0 Å². The molecular weight excluding hydrogens is 234 g/mol. The summed E-state index contributed by atoms with van der Waals surface area (Å²) in [5, 5.41) is 2.17. The minimum absolute atomic E-state index is 0.0779. The fourth-order valence-electron chi connectivity index (χ4n) is 2.38. The van der Waals surface area contributed by atoms with Crippen LogP contribution in [0.5, 0.6) is 0 Å². The lowest BCUT2D eigenvalue weighted by Gasteiger charge is -2.33. The van der Waals surface area contributed by atoms with Crippen LogP contribution in [0.3, 0.4) is 0 Å². The highest BCUT2D eigenvalue weighted by Gasteiger charge is 2.23. The number of amides is 1. The summed E-state index contributed by atoms with van der Waals surface area (Å²) in [6, 6.07) is 2.70. The molecule has 94 valence electrons. The lowest BCUT2D eigenvalue weighted by molar-refractivity contribution is -0.121. The van der Waals surface area contributed by atoms with Crippen molar-refractivity contribution >= 4 is 17.2 Å². The summed E-state index contributed by atoms with van der Waals surface area (Å²) in [5.41, 5.74) is 3.63. The number of nitrogens with one attached hydrogen (secondary N) is 1. The van der Waals surface area contributed by atoms with Gasteiger partial charge in [0.25, 0.3) is 0 Å². The third-order valence-corrected chi connectivity index (χ3v) is 4.41. The number of fused-ring (bicyclic) bond motifs is 1. The lowest BCUT2D eigenvalue weighted by Crippen LogP contribution is -2.35. The number of carbonyl (C=O) groups is 1. The molecule has 2 heterocycles. The van der Waals surface area contributed by atoms with Gasteiger partial charge >= 0.3 is 0 Å². The molecule has 3 N–H and O–H groups in total. The topological polar surface area (TPSA) is 58.4 Å². The number of hydrogen-bond donors (Lipinski definition) is 2. The van der Waals surface area contributed by atoms with Gasteiger partial charge in [-0.05, 0) is 43.3 Å². The number of nitrogens with two attached hydrogens (primary N) is 1. The van der Waals surface area contributed by atoms with E-state index in [1.807, 2.05) is 11.3 Å². The Bertz CT molecular complexity index is 391. The summed E-state index contributed by atoms with van der Waals surface area (Å²) in [5.74, 6) is 4.98. The van der Waals surface area contributed by atoms with Crippen LogP contribution in [-0.2, 0) is 11.2 Å². The highest BCUT2D eigenvalue weighted by molar-refractivity contribution is 7.10. The predicted octanol–water partition coefficient (Wildman–Crippen LogP) is 1.44. The van der Waals surface area contributed by atoms with Crippen LogP contribution in [0.1, 0.15) is 36.2 Å². The molecule has 4 nitrogen and oxygen atoms in total. The van der Waals surface area contributed by atoms with Gasteiger partial charge in [-0.15, -0.1) is 11.3 Å². The van der Waals surface area contributed by atoms with Crippen LogP contribution in [0.2, 0.25) is 0 Å². The molecule has 1 aliphatic rings. The second-order valence-electron chi connectivity index (χ2n) is 4.43. The van der Waals surface area contributed by atoms with Crippen molar-refractivity contribution in [3.63, 3.8) is 0 Å². The summed E-state index contributed by atoms with van der Waals surface area (Å²) in [6.07, 6.45) is 2.52. The summed E-state index contributed by atoms with van der Waals surface area (Å²) in [7, 11) is 0. The zero-order chi connectivity index (χ0) is 12.3. The molecule has 0 saturated heterocycles. The Hall–Kier alpha value is -0.910. The van der Waals surface area contributed by atoms with Gasteiger partial charge in [-0.1, -0.05) is 0 Å². The molecule has 1 atom stereocenters. The Kier molecular flexibility index (Phi) is 4.15. The Labute approximate surface area is 106 Å². The third-order valence-electron chi connectivity index (χ3n) is 3.41. The predicted molar refractivity (Wildman–Crippen MR) is 69.6 cm³/mol. The average molecular weight is 253 g/mol. The molecule has 0 bridgehead atoms. The fourth-order valence-corrected chi connectivity index (χ4v) is 3.34. The first-order valence-electron chi connectivity index (χ1n) is 6.02. The zero-order valence-electron chi connectivity index (χ0n) is 10.1. The van der Waals surface area contributed by atoms with Gasteiger partial charge in [-0.3, -0.25) is 15.1 Å². The molecule has 1 amide bonds. The van der Waals surface area contributed by atoms with Crippen molar-refractivity contribution in [2.75, 3.05) is 13.1 Å². The maximum atomic E-state index is 11.0. The highest BCUT2D eigenvalue weighted by atomic mass is 32.1. The Morgan fingerprint density at radius 2 is 2.53 bits per heavy atom. The van der Waals surface area contributed by atoms with Gasteiger partial charge in [0.15, 0.2) is 0 Å². The van der Waals surface area contributed by atoms with E-state index in [4.69, 9.17) is 5.84 Å². The van der Waals surface area contributed by atoms with Gasteiger partial charge in [-0.25, -0.2) is 5.84 Å². The van der Waals surface area contributed by atoms with Crippen LogP contribution in [0.4, 0.5) is 0 Å². The number of hydrogen-bond acceptors (Lipinski definition) is 4. The second-order valence-corrected chi connectivity index (χ2v) is 5.43. The highest BCUT2D eigenvalue weighted by Crippen LogP contribution is 2.32. The first-order chi connectivity index (χ1) is 8.22. The molecule has 2 rings (SSSR count). The standard InChI is InChI=1S/C12H19N3OS/c1-9-10-5-8-17-11(10)4-7-15(9)6-2-3-12(16)14-13/h5,8-9H,2-4,6-7,13H2,1H3,(H,14,16). The van der Waals surface area contributed by atoms with E-state index in [-0.39, 0.29) is 5.91 Å². The Morgan fingerprint density at radius 3 is 3.29 bits per heavy atom. The second kappa shape index (κ2) is 5.62. The molecule has 0 saturated carbocycles. The number of carbonyl (C=O) groups excluding carboxylic acids is 1. The van der Waals surface area contributed by atoms with Crippen LogP contribution in [0.25, 0.3) is 0 Å². The molecule has 1 unspecified atom stereocenters. The molecule has 1 aromatic heterocycles. The smallest absolute Gasteiger partial charge is 0.233 e. The van der Waals surface area contributed by atoms with E-state index in [2.05, 4.69) is 28.7 Å². The molecule has 0 aromatic carbocycles. The van der Waals surface area contributed by atoms with E-state index < -0.39 is 0 Å². The van der Waals surface area contributed by atoms with Gasteiger partial charge in [-0.2, -0.15) is 0 Å². The van der Waals surface area contributed by atoms with Crippen LogP contribution in [0.15, 0.2) is 11.4 Å². The van der Waals surface area contributed by atoms with Crippen molar-refractivity contribution in [2.24, 2.45) is 5.84 Å². The van der Waals surface area contributed by atoms with E-state index in [9.17, 15) is 4.79 Å². The normalized spacial score (nSPS) is 20.0. The molecule has 1 aliphatic heterocycles. The number of hydrazine groups is 1. The number of thiophene rings is 1. The Balaban J connectivity index is 1.85. The van der Waals surface area contributed by atoms with Gasteiger partial charge in [0.05, 0.1) is 0 Å². The van der Waals surface area contributed by atoms with E-state index in [0.717, 1.165) is 25.9 Å². The first kappa shape index (κ1) is 12.5. The first-order valence-corrected chi connectivity index (χ1v) is 6.90. The molecule has 0 radical (unpaired) electrons. The summed E-state index contributed by atoms with van der Waals surface area (Å²) >= 11 is 1.86. The van der Waals surface area contributed by atoms with Crippen molar-refractivity contribution in [2.45, 2.75) is 32.2 Å². The van der Waals surface area contributed by atoms with Crippen molar-refractivity contribution < 1.29 is 4.79 Å². The lowest BCUT2D eigenvalue weighted by atomic mass is 10.0. The molecule has 5 heteroatoms. The monoisotopic (exact) mass is 253 g/mol. The SMILES string of the molecule is CC1c2ccsc2CCN1CCCC(=O)NN. The third kappa shape index (κ3) is 2.86. The van der Waals surface area contributed by atoms with Gasteiger partial charge in [0, 0.05) is 23.9 Å². The summed E-state index contributed by atoms with van der Waals surface area (Å²) < 4.78 is 0. The van der Waals surface area contributed by atoms with E-state index in [0.29, 0.717) is 12.5 Å². The Morgan fingerprint density at radius 1 is 1.71 bits per heavy atom. The largest absolute Gasteiger partial charge is 0.296 e. The van der Waals surface area contributed by atoms with Crippen molar-refractivity contribution in [1.82, 2.24) is 10.3 Å². The minimum atomic E-state index is -0.0779. The van der Waals surface area contributed by atoms with Crippen molar-refractivity contribution in [3.8, 4) is 0 Å². The molecule has 0 aliphatic carbocycles. The van der Waals surface area contributed by atoms with E-state index in [1.165, 1.54) is 10.4 Å². The molecular formula is C12H19N3OS. The van der Waals surface area contributed by atoms with Gasteiger partial charge in [0.1, 0.15) is 0 Å². The molecule has 0 fully saturated rings. The number of rotatable bonds is 4. The van der Waals surface area contributed by atoms with Gasteiger partial charge in [0.2, 0.25) is 5.91 Å². The van der Waals surface area contributed by atoms with Crippen LogP contribution < -0.4 is 11.3 Å². The zero-order valence-corrected chi connectivity index (χ0v) is 10.9. The molecule has 0 spiro atoms. The maximum Gasteiger partial charge on any atom is 0.233 e. The quantitative estimate of drug-likeness (QED) is 0.485. The van der Waals surface area contributed by atoms with Crippen molar-refractivity contribution in [3.05, 3.63) is 21.9 Å². The van der Waals surface area contributed by atoms with Crippen LogP contribution in [0, 0.1) is 0 Å². The van der Waals surface area contributed by atoms with Crippen LogP contribution >= 0.6 is 11.3 Å². The average Bonchev–Trinajstić information content (AvgIpc) is 2.81. The fraction of sp³-hybridized carbons (Fsp3) is 0.583. The summed E-state index contributed by atoms with van der Waals surface area (Å²) in [6.45, 7) is 4.30. The maximum absolute atomic E-state index is 11.0. The van der Waals surface area contributed by atoms with Crippen molar-refractivity contribution in [1.29, 1.82) is 0 Å². The number of nitrogens with zero attached hydrogens (tertiary/aromatic N) is 1. The minimum Gasteiger partial charge on any atom is -0.296 e. The van der Waals surface area contributed by atoms with E-state index in [1.54, 1.807) is 0 Å².